The fraction of sp³-hybridized carbons (Fsp3) is 0.650. The summed E-state index contributed by atoms with van der Waals surface area (Å²) >= 11 is 0. The maximum atomic E-state index is 13.0. The summed E-state index contributed by atoms with van der Waals surface area (Å²) in [6.07, 6.45) is 3.65. The van der Waals surface area contributed by atoms with Crippen LogP contribution in [0.2, 0.25) is 0 Å². The Morgan fingerprint density at radius 1 is 1.28 bits per heavy atom. The van der Waals surface area contributed by atoms with E-state index in [4.69, 9.17) is 4.84 Å². The van der Waals surface area contributed by atoms with Gasteiger partial charge in [0.05, 0.1) is 5.54 Å². The Kier molecular flexibility index (Phi) is 6.85. The van der Waals surface area contributed by atoms with Gasteiger partial charge in [0.15, 0.2) is 5.75 Å². The molecule has 1 aromatic rings. The van der Waals surface area contributed by atoms with Gasteiger partial charge in [-0.2, -0.15) is 5.48 Å². The molecule has 0 saturated carbocycles. The molecule has 1 aromatic carbocycles. The van der Waals surface area contributed by atoms with Gasteiger partial charge in [-0.25, -0.2) is 0 Å². The van der Waals surface area contributed by atoms with E-state index in [0.717, 1.165) is 37.0 Å². The van der Waals surface area contributed by atoms with Gasteiger partial charge in [-0.1, -0.05) is 52.3 Å². The number of para-hydroxylation sites is 1. The molecule has 0 spiro atoms. The molecule has 0 aromatic heterocycles. The first kappa shape index (κ1) is 19.7. The largest absolute Gasteiger partial charge is 0.409 e. The Labute approximate surface area is 151 Å². The molecule has 1 aliphatic heterocycles. The molecule has 0 radical (unpaired) electrons. The van der Waals surface area contributed by atoms with Gasteiger partial charge in [-0.05, 0) is 37.2 Å². The summed E-state index contributed by atoms with van der Waals surface area (Å²) in [5.74, 6) is 1.90. The zero-order valence-electron chi connectivity index (χ0n) is 16.2. The van der Waals surface area contributed by atoms with Crippen molar-refractivity contribution in [2.24, 2.45) is 11.8 Å². The van der Waals surface area contributed by atoms with Crippen molar-refractivity contribution in [2.45, 2.75) is 65.1 Å². The van der Waals surface area contributed by atoms with Gasteiger partial charge in [0, 0.05) is 12.6 Å². The van der Waals surface area contributed by atoms with Crippen molar-refractivity contribution in [2.75, 3.05) is 7.05 Å². The van der Waals surface area contributed by atoms with E-state index in [2.05, 4.69) is 43.8 Å². The quantitative estimate of drug-likeness (QED) is 0.598. The number of carbonyl (C=O) groups is 1. The fourth-order valence-corrected chi connectivity index (χ4v) is 3.56. The molecule has 5 heteroatoms. The van der Waals surface area contributed by atoms with Crippen LogP contribution in [0.4, 0.5) is 0 Å². The minimum Gasteiger partial charge on any atom is -0.409 e. The lowest BCUT2D eigenvalue weighted by atomic mass is 9.82. The van der Waals surface area contributed by atoms with Gasteiger partial charge in [-0.15, -0.1) is 0 Å². The summed E-state index contributed by atoms with van der Waals surface area (Å²) in [6, 6.07) is 7.79. The maximum Gasteiger partial charge on any atom is 0.241 e. The third-order valence-electron chi connectivity index (χ3n) is 5.09. The first-order valence-electron chi connectivity index (χ1n) is 9.43. The van der Waals surface area contributed by atoms with Crippen LogP contribution < -0.4 is 21.0 Å². The van der Waals surface area contributed by atoms with Gasteiger partial charge in [0.2, 0.25) is 5.91 Å². The number of rotatable bonds is 9. The summed E-state index contributed by atoms with van der Waals surface area (Å²) in [6.45, 7) is 8.80. The van der Waals surface area contributed by atoms with E-state index in [1.54, 1.807) is 7.05 Å². The highest BCUT2D eigenvalue weighted by Crippen LogP contribution is 2.35. The van der Waals surface area contributed by atoms with E-state index >= 15 is 0 Å². The van der Waals surface area contributed by atoms with Crippen LogP contribution in [0, 0.1) is 11.8 Å². The van der Waals surface area contributed by atoms with E-state index in [9.17, 15) is 4.79 Å². The van der Waals surface area contributed by atoms with E-state index in [0.29, 0.717) is 11.8 Å². The molecule has 25 heavy (non-hydrogen) atoms. The Morgan fingerprint density at radius 3 is 2.64 bits per heavy atom. The number of hydroxylamine groups is 1. The summed E-state index contributed by atoms with van der Waals surface area (Å²) in [4.78, 5) is 18.5. The second kappa shape index (κ2) is 8.68. The standard InChI is InChI=1S/C20H33N3O2/c1-6-15(4)11-12-20(13-14(2)3)19(24)22-18(23-20)16-9-7-8-10-17(16)25-21-5/h7-10,14-15,18,21,23H,6,11-13H2,1-5H3,(H,22,24). The van der Waals surface area contributed by atoms with Gasteiger partial charge in [-0.3, -0.25) is 10.1 Å². The van der Waals surface area contributed by atoms with Crippen LogP contribution in [0.5, 0.6) is 5.75 Å². The minimum atomic E-state index is -0.505. The zero-order chi connectivity index (χ0) is 18.4. The molecule has 0 bridgehead atoms. The Morgan fingerprint density at radius 2 is 2.00 bits per heavy atom. The normalized spacial score (nSPS) is 24.4. The van der Waals surface area contributed by atoms with E-state index in [-0.39, 0.29) is 12.1 Å². The number of hydrogen-bond donors (Lipinski definition) is 3. The van der Waals surface area contributed by atoms with E-state index in [1.807, 2.05) is 24.3 Å². The average molecular weight is 348 g/mol. The van der Waals surface area contributed by atoms with Crippen molar-refractivity contribution < 1.29 is 9.63 Å². The lowest BCUT2D eigenvalue weighted by Gasteiger charge is -2.30. The van der Waals surface area contributed by atoms with Gasteiger partial charge >= 0.3 is 0 Å². The second-order valence-electron chi connectivity index (χ2n) is 7.63. The maximum absolute atomic E-state index is 13.0. The lowest BCUT2D eigenvalue weighted by molar-refractivity contribution is -0.125. The molecule has 2 rings (SSSR count). The SMILES string of the molecule is CCC(C)CCC1(CC(C)C)NC(c2ccccc2ONC)NC1=O. The van der Waals surface area contributed by atoms with Crippen LogP contribution >= 0.6 is 0 Å². The highest BCUT2D eigenvalue weighted by atomic mass is 16.6. The topological polar surface area (TPSA) is 62.4 Å². The van der Waals surface area contributed by atoms with Gasteiger partial charge in [0.25, 0.3) is 0 Å². The number of carbonyl (C=O) groups excluding carboxylic acids is 1. The predicted molar refractivity (Wildman–Crippen MR) is 101 cm³/mol. The molecule has 5 nitrogen and oxygen atoms in total. The van der Waals surface area contributed by atoms with Crippen LogP contribution in [0.15, 0.2) is 24.3 Å². The molecular weight excluding hydrogens is 314 g/mol. The molecule has 1 heterocycles. The molecule has 3 atom stereocenters. The van der Waals surface area contributed by atoms with Crippen molar-refractivity contribution in [1.82, 2.24) is 16.1 Å². The first-order valence-corrected chi connectivity index (χ1v) is 9.43. The smallest absolute Gasteiger partial charge is 0.241 e. The molecule has 1 aliphatic rings. The van der Waals surface area contributed by atoms with Crippen LogP contribution in [-0.2, 0) is 4.79 Å². The summed E-state index contributed by atoms with van der Waals surface area (Å²) in [7, 11) is 1.73. The molecule has 3 N–H and O–H groups in total. The first-order chi connectivity index (χ1) is 11.9. The number of nitrogens with one attached hydrogen (secondary N) is 3. The molecule has 0 aliphatic carbocycles. The van der Waals surface area contributed by atoms with Crippen molar-refractivity contribution in [3.05, 3.63) is 29.8 Å². The van der Waals surface area contributed by atoms with Crippen LogP contribution in [0.3, 0.4) is 0 Å². The van der Waals surface area contributed by atoms with E-state index < -0.39 is 5.54 Å². The zero-order valence-corrected chi connectivity index (χ0v) is 16.2. The molecular formula is C20H33N3O2. The predicted octanol–water partition coefficient (Wildman–Crippen LogP) is 3.53. The number of hydrogen-bond acceptors (Lipinski definition) is 4. The molecule has 3 unspecified atom stereocenters. The monoisotopic (exact) mass is 347 g/mol. The highest BCUT2D eigenvalue weighted by Gasteiger charge is 2.47. The molecule has 1 fully saturated rings. The lowest BCUT2D eigenvalue weighted by Crippen LogP contribution is -2.48. The van der Waals surface area contributed by atoms with Crippen LogP contribution in [0.1, 0.15) is 65.1 Å². The summed E-state index contributed by atoms with van der Waals surface area (Å²) in [5, 5.41) is 6.76. The van der Waals surface area contributed by atoms with Crippen molar-refractivity contribution >= 4 is 5.91 Å². The third-order valence-corrected chi connectivity index (χ3v) is 5.09. The second-order valence-corrected chi connectivity index (χ2v) is 7.63. The van der Waals surface area contributed by atoms with Crippen molar-refractivity contribution in [3.63, 3.8) is 0 Å². The van der Waals surface area contributed by atoms with Crippen LogP contribution in [0.25, 0.3) is 0 Å². The van der Waals surface area contributed by atoms with Gasteiger partial charge in [0.1, 0.15) is 6.17 Å². The molecule has 1 amide bonds. The van der Waals surface area contributed by atoms with Crippen molar-refractivity contribution in [3.8, 4) is 5.75 Å². The van der Waals surface area contributed by atoms with E-state index in [1.165, 1.54) is 0 Å². The number of benzene rings is 1. The Hall–Kier alpha value is -1.59. The number of amides is 1. The molecule has 1 saturated heterocycles. The average Bonchev–Trinajstić information content (AvgIpc) is 2.89. The Bertz CT molecular complexity index is 576. The summed E-state index contributed by atoms with van der Waals surface area (Å²) < 4.78 is 0. The van der Waals surface area contributed by atoms with Gasteiger partial charge < -0.3 is 10.2 Å². The minimum absolute atomic E-state index is 0.105. The summed E-state index contributed by atoms with van der Waals surface area (Å²) in [5.41, 5.74) is 3.16. The molecule has 140 valence electrons. The Balaban J connectivity index is 2.24. The highest BCUT2D eigenvalue weighted by molar-refractivity contribution is 5.89. The fourth-order valence-electron chi connectivity index (χ4n) is 3.56. The van der Waals surface area contributed by atoms with Crippen LogP contribution in [-0.4, -0.2) is 18.5 Å². The third kappa shape index (κ3) is 4.73. The van der Waals surface area contributed by atoms with Crippen molar-refractivity contribution in [1.29, 1.82) is 0 Å².